The van der Waals surface area contributed by atoms with Gasteiger partial charge in [0, 0.05) is 37.9 Å². The third kappa shape index (κ3) is 3.97. The Balaban J connectivity index is 1.52. The van der Waals surface area contributed by atoms with Gasteiger partial charge in [-0.2, -0.15) is 0 Å². The summed E-state index contributed by atoms with van der Waals surface area (Å²) in [4.78, 5) is 11.4. The highest BCUT2D eigenvalue weighted by molar-refractivity contribution is 7.91. The van der Waals surface area contributed by atoms with Crippen LogP contribution in [0, 0.1) is 0 Å². The van der Waals surface area contributed by atoms with E-state index in [1.54, 1.807) is 55.7 Å². The fourth-order valence-corrected chi connectivity index (χ4v) is 4.54. The van der Waals surface area contributed by atoms with Crippen LogP contribution in [0.3, 0.4) is 0 Å². The van der Waals surface area contributed by atoms with E-state index in [1.165, 1.54) is 0 Å². The van der Waals surface area contributed by atoms with E-state index < -0.39 is 9.84 Å². The SMILES string of the molecule is CNc1ncc2cc(N(C)Cc3ccc(S(=O)(=O)c4ccccc4)cc3)ccc2n1. The van der Waals surface area contributed by atoms with Gasteiger partial charge in [0.1, 0.15) is 0 Å². The second kappa shape index (κ2) is 8.12. The van der Waals surface area contributed by atoms with Crippen molar-refractivity contribution in [2.24, 2.45) is 0 Å². The van der Waals surface area contributed by atoms with E-state index in [0.717, 1.165) is 22.2 Å². The van der Waals surface area contributed by atoms with Gasteiger partial charge in [0.05, 0.1) is 15.3 Å². The maximum Gasteiger partial charge on any atom is 0.222 e. The highest BCUT2D eigenvalue weighted by Gasteiger charge is 2.17. The maximum absolute atomic E-state index is 12.7. The number of aromatic nitrogens is 2. The molecule has 0 unspecified atom stereocenters. The van der Waals surface area contributed by atoms with Crippen LogP contribution in [0.5, 0.6) is 0 Å². The fourth-order valence-electron chi connectivity index (χ4n) is 3.25. The van der Waals surface area contributed by atoms with Crippen LogP contribution in [-0.2, 0) is 16.4 Å². The van der Waals surface area contributed by atoms with Crippen LogP contribution in [-0.4, -0.2) is 32.5 Å². The smallest absolute Gasteiger partial charge is 0.222 e. The van der Waals surface area contributed by atoms with Gasteiger partial charge in [-0.1, -0.05) is 30.3 Å². The Kier molecular flexibility index (Phi) is 5.37. The summed E-state index contributed by atoms with van der Waals surface area (Å²) in [6, 6.07) is 21.6. The monoisotopic (exact) mass is 418 g/mol. The molecule has 0 saturated heterocycles. The molecule has 4 aromatic rings. The van der Waals surface area contributed by atoms with Crippen molar-refractivity contribution in [3.05, 3.63) is 84.6 Å². The summed E-state index contributed by atoms with van der Waals surface area (Å²) >= 11 is 0. The quantitative estimate of drug-likeness (QED) is 0.507. The Morgan fingerprint density at radius 1 is 0.933 bits per heavy atom. The Morgan fingerprint density at radius 3 is 2.33 bits per heavy atom. The van der Waals surface area contributed by atoms with E-state index in [1.807, 2.05) is 37.4 Å². The lowest BCUT2D eigenvalue weighted by molar-refractivity contribution is 0.596. The lowest BCUT2D eigenvalue weighted by atomic mass is 10.2. The molecule has 6 nitrogen and oxygen atoms in total. The predicted molar refractivity (Wildman–Crippen MR) is 120 cm³/mol. The summed E-state index contributed by atoms with van der Waals surface area (Å²) in [5, 5.41) is 3.90. The van der Waals surface area contributed by atoms with Crippen LogP contribution in [0.2, 0.25) is 0 Å². The average molecular weight is 419 g/mol. The first kappa shape index (κ1) is 19.8. The summed E-state index contributed by atoms with van der Waals surface area (Å²) in [5.41, 5.74) is 2.93. The van der Waals surface area contributed by atoms with Gasteiger partial charge in [-0.25, -0.2) is 18.4 Å². The van der Waals surface area contributed by atoms with Gasteiger partial charge in [-0.05, 0) is 48.0 Å². The van der Waals surface area contributed by atoms with E-state index in [2.05, 4.69) is 20.2 Å². The number of fused-ring (bicyclic) bond motifs is 1. The van der Waals surface area contributed by atoms with E-state index in [9.17, 15) is 8.42 Å². The first-order valence-corrected chi connectivity index (χ1v) is 11.0. The number of benzene rings is 3. The Labute approximate surface area is 176 Å². The van der Waals surface area contributed by atoms with Crippen molar-refractivity contribution in [1.82, 2.24) is 9.97 Å². The van der Waals surface area contributed by atoms with E-state index in [0.29, 0.717) is 22.3 Å². The van der Waals surface area contributed by atoms with Gasteiger partial charge < -0.3 is 10.2 Å². The zero-order valence-electron chi connectivity index (χ0n) is 16.8. The number of hydrogen-bond acceptors (Lipinski definition) is 6. The van der Waals surface area contributed by atoms with Crippen LogP contribution in [0.15, 0.2) is 88.8 Å². The lowest BCUT2D eigenvalue weighted by Crippen LogP contribution is -2.16. The molecule has 30 heavy (non-hydrogen) atoms. The van der Waals surface area contributed by atoms with E-state index in [-0.39, 0.29) is 0 Å². The van der Waals surface area contributed by atoms with Crippen molar-refractivity contribution < 1.29 is 8.42 Å². The van der Waals surface area contributed by atoms with E-state index >= 15 is 0 Å². The minimum Gasteiger partial charge on any atom is -0.370 e. The molecule has 0 atom stereocenters. The first-order chi connectivity index (χ1) is 14.5. The minimum atomic E-state index is -3.50. The topological polar surface area (TPSA) is 75.2 Å². The molecule has 0 aliphatic rings. The van der Waals surface area contributed by atoms with Crippen LogP contribution >= 0.6 is 0 Å². The first-order valence-electron chi connectivity index (χ1n) is 9.52. The summed E-state index contributed by atoms with van der Waals surface area (Å²) < 4.78 is 25.5. The molecular formula is C23H22N4O2S. The molecule has 152 valence electrons. The van der Waals surface area contributed by atoms with Gasteiger partial charge in [0.2, 0.25) is 15.8 Å². The number of anilines is 2. The third-order valence-corrected chi connectivity index (χ3v) is 6.72. The van der Waals surface area contributed by atoms with Gasteiger partial charge in [0.15, 0.2) is 0 Å². The van der Waals surface area contributed by atoms with Crippen LogP contribution in [0.25, 0.3) is 10.9 Å². The van der Waals surface area contributed by atoms with Crippen molar-refractivity contribution >= 4 is 32.4 Å². The van der Waals surface area contributed by atoms with E-state index in [4.69, 9.17) is 0 Å². The predicted octanol–water partition coefficient (Wildman–Crippen LogP) is 4.14. The zero-order chi connectivity index (χ0) is 21.1. The summed E-state index contributed by atoms with van der Waals surface area (Å²) in [5.74, 6) is 0.592. The molecule has 3 aromatic carbocycles. The summed E-state index contributed by atoms with van der Waals surface area (Å²) in [6.45, 7) is 0.645. The van der Waals surface area contributed by atoms with Crippen LogP contribution in [0.4, 0.5) is 11.6 Å². The molecule has 0 spiro atoms. The molecule has 0 amide bonds. The van der Waals surface area contributed by atoms with Gasteiger partial charge >= 0.3 is 0 Å². The van der Waals surface area contributed by atoms with Crippen molar-refractivity contribution in [1.29, 1.82) is 0 Å². The molecule has 0 radical (unpaired) electrons. The number of hydrogen-bond donors (Lipinski definition) is 1. The molecule has 1 N–H and O–H groups in total. The number of rotatable bonds is 6. The second-order valence-corrected chi connectivity index (χ2v) is 8.95. The molecule has 0 fully saturated rings. The normalized spacial score (nSPS) is 11.4. The van der Waals surface area contributed by atoms with Crippen LogP contribution in [0.1, 0.15) is 5.56 Å². The molecular weight excluding hydrogens is 396 g/mol. The average Bonchev–Trinajstić information content (AvgIpc) is 2.79. The van der Waals surface area contributed by atoms with Crippen LogP contribution < -0.4 is 10.2 Å². The summed E-state index contributed by atoms with van der Waals surface area (Å²) in [6.07, 6.45) is 1.80. The van der Waals surface area contributed by atoms with Gasteiger partial charge in [-0.15, -0.1) is 0 Å². The molecule has 7 heteroatoms. The van der Waals surface area contributed by atoms with Gasteiger partial charge in [0.25, 0.3) is 0 Å². The van der Waals surface area contributed by atoms with Gasteiger partial charge in [-0.3, -0.25) is 0 Å². The largest absolute Gasteiger partial charge is 0.370 e. The number of nitrogens with zero attached hydrogens (tertiary/aromatic N) is 3. The van der Waals surface area contributed by atoms with Crippen molar-refractivity contribution in [3.63, 3.8) is 0 Å². The molecule has 0 saturated carbocycles. The third-order valence-electron chi connectivity index (χ3n) is 4.93. The molecule has 4 rings (SSSR count). The molecule has 0 aliphatic heterocycles. The molecule has 1 aromatic heterocycles. The van der Waals surface area contributed by atoms with Crippen molar-refractivity contribution in [2.45, 2.75) is 16.3 Å². The highest BCUT2D eigenvalue weighted by Crippen LogP contribution is 2.24. The molecule has 0 bridgehead atoms. The molecule has 1 heterocycles. The second-order valence-electron chi connectivity index (χ2n) is 7.00. The summed E-state index contributed by atoms with van der Waals surface area (Å²) in [7, 11) is 0.291. The van der Waals surface area contributed by atoms with Crippen molar-refractivity contribution in [2.75, 3.05) is 24.3 Å². The zero-order valence-corrected chi connectivity index (χ0v) is 17.6. The Hall–Kier alpha value is -3.45. The lowest BCUT2D eigenvalue weighted by Gasteiger charge is -2.20. The number of sulfone groups is 1. The maximum atomic E-state index is 12.7. The minimum absolute atomic E-state index is 0.295. The Morgan fingerprint density at radius 2 is 1.63 bits per heavy atom. The Bertz CT molecular complexity index is 1270. The fraction of sp³-hybridized carbons (Fsp3) is 0.130. The molecule has 0 aliphatic carbocycles. The highest BCUT2D eigenvalue weighted by atomic mass is 32.2. The van der Waals surface area contributed by atoms with Crippen molar-refractivity contribution in [3.8, 4) is 0 Å². The standard InChI is InChI=1S/C23H22N4O2S/c1-24-23-25-15-18-14-19(10-13-22(18)26-23)27(2)16-17-8-11-21(12-9-17)30(28,29)20-6-4-3-5-7-20/h3-15H,16H2,1-2H3,(H,24,25,26). The number of nitrogens with one attached hydrogen (secondary N) is 1.